The van der Waals surface area contributed by atoms with Gasteiger partial charge in [-0.15, -0.1) is 5.10 Å². The summed E-state index contributed by atoms with van der Waals surface area (Å²) in [6, 6.07) is 1.93. The van der Waals surface area contributed by atoms with Gasteiger partial charge in [-0.2, -0.15) is 4.98 Å². The highest BCUT2D eigenvalue weighted by molar-refractivity contribution is 5.42. The van der Waals surface area contributed by atoms with E-state index in [1.165, 1.54) is 0 Å². The van der Waals surface area contributed by atoms with Crippen LogP contribution >= 0.6 is 0 Å². The third kappa shape index (κ3) is 3.73. The molecule has 0 bridgehead atoms. The average Bonchev–Trinajstić information content (AvgIpc) is 2.86. The second-order valence-corrected chi connectivity index (χ2v) is 5.23. The molecule has 3 N–H and O–H groups in total. The minimum atomic E-state index is 0.505. The van der Waals surface area contributed by atoms with Gasteiger partial charge >= 0.3 is 0 Å². The van der Waals surface area contributed by atoms with E-state index in [9.17, 15) is 0 Å². The van der Waals surface area contributed by atoms with Gasteiger partial charge in [0.25, 0.3) is 0 Å². The van der Waals surface area contributed by atoms with Gasteiger partial charge in [0.05, 0.1) is 6.54 Å². The average molecular weight is 288 g/mol. The number of aryl methyl sites for hydroxylation is 2. The van der Waals surface area contributed by atoms with Gasteiger partial charge in [0, 0.05) is 37.6 Å². The van der Waals surface area contributed by atoms with Crippen molar-refractivity contribution in [2.45, 2.75) is 20.4 Å². The number of hydrogen-bond donors (Lipinski definition) is 3. The Balaban J connectivity index is 1.64. The number of nitrogens with one attached hydrogen (secondary N) is 3. The molecule has 8 heteroatoms. The lowest BCUT2D eigenvalue weighted by molar-refractivity contribution is 0.228. The Morgan fingerprint density at radius 3 is 2.52 bits per heavy atom. The Bertz CT molecular complexity index is 582. The number of aromatic nitrogens is 5. The summed E-state index contributed by atoms with van der Waals surface area (Å²) in [5, 5.41) is 13.5. The fraction of sp³-hybridized carbons (Fsp3) is 0.538. The lowest BCUT2D eigenvalue weighted by Crippen LogP contribution is -2.43. The molecule has 8 nitrogen and oxygen atoms in total. The lowest BCUT2D eigenvalue weighted by atomic mass is 10.3. The van der Waals surface area contributed by atoms with E-state index in [1.807, 2.05) is 19.9 Å². The Kier molecular flexibility index (Phi) is 4.07. The monoisotopic (exact) mass is 288 g/mol. The highest BCUT2D eigenvalue weighted by Gasteiger charge is 2.13. The minimum Gasteiger partial charge on any atom is -0.314 e. The second kappa shape index (κ2) is 6.15. The van der Waals surface area contributed by atoms with Crippen molar-refractivity contribution in [3.05, 3.63) is 23.3 Å². The van der Waals surface area contributed by atoms with E-state index in [4.69, 9.17) is 0 Å². The van der Waals surface area contributed by atoms with E-state index < -0.39 is 0 Å². The van der Waals surface area contributed by atoms with E-state index in [1.54, 1.807) is 0 Å². The zero-order valence-corrected chi connectivity index (χ0v) is 12.3. The molecule has 2 aromatic heterocycles. The summed E-state index contributed by atoms with van der Waals surface area (Å²) in [5.41, 5.74) is 1.84. The quantitative estimate of drug-likeness (QED) is 0.747. The molecule has 0 aromatic carbocycles. The topological polar surface area (TPSA) is 94.7 Å². The highest BCUT2D eigenvalue weighted by Crippen LogP contribution is 2.10. The van der Waals surface area contributed by atoms with Crippen LogP contribution in [0.3, 0.4) is 0 Å². The molecule has 0 unspecified atom stereocenters. The van der Waals surface area contributed by atoms with Crippen LogP contribution in [0.4, 0.5) is 11.9 Å². The molecule has 0 radical (unpaired) electrons. The maximum absolute atomic E-state index is 4.44. The molecule has 112 valence electrons. The normalized spacial score (nSPS) is 16.1. The Morgan fingerprint density at radius 2 is 1.81 bits per heavy atom. The predicted octanol–water partition coefficient (Wildman–Crippen LogP) is 0.360. The summed E-state index contributed by atoms with van der Waals surface area (Å²) < 4.78 is 0. The van der Waals surface area contributed by atoms with Crippen LogP contribution in [0, 0.1) is 13.8 Å². The molecular weight excluding hydrogens is 268 g/mol. The molecule has 3 heterocycles. The molecule has 0 saturated carbocycles. The Labute approximate surface area is 123 Å². The highest BCUT2D eigenvalue weighted by atomic mass is 15.3. The van der Waals surface area contributed by atoms with Crippen LogP contribution in [0.2, 0.25) is 0 Å². The number of hydrogen-bond acceptors (Lipinski definition) is 7. The van der Waals surface area contributed by atoms with Gasteiger partial charge in [-0.3, -0.25) is 15.3 Å². The first-order valence-electron chi connectivity index (χ1n) is 7.13. The smallest absolute Gasteiger partial charge is 0.248 e. The van der Waals surface area contributed by atoms with Crippen LogP contribution in [-0.4, -0.2) is 56.2 Å². The first-order valence-corrected chi connectivity index (χ1v) is 7.13. The van der Waals surface area contributed by atoms with Gasteiger partial charge in [0.15, 0.2) is 0 Å². The summed E-state index contributed by atoms with van der Waals surface area (Å²) in [4.78, 5) is 15.4. The molecule has 0 aliphatic carbocycles. The zero-order valence-electron chi connectivity index (χ0n) is 12.3. The SMILES string of the molecule is Cc1cc(C)nc(Nc2n[nH]c(CN3CCNCC3)n2)n1. The van der Waals surface area contributed by atoms with Crippen LogP contribution in [-0.2, 0) is 6.54 Å². The van der Waals surface area contributed by atoms with Crippen molar-refractivity contribution >= 4 is 11.9 Å². The third-order valence-electron chi connectivity index (χ3n) is 3.32. The Hall–Kier alpha value is -2.06. The maximum atomic E-state index is 4.44. The number of anilines is 2. The molecule has 2 aromatic rings. The first kappa shape index (κ1) is 13.9. The van der Waals surface area contributed by atoms with Crippen LogP contribution in [0.15, 0.2) is 6.07 Å². The number of rotatable bonds is 4. The van der Waals surface area contributed by atoms with Gasteiger partial charge in [0.1, 0.15) is 5.82 Å². The minimum absolute atomic E-state index is 0.505. The standard InChI is InChI=1S/C13H20N8/c1-9-7-10(2)16-12(15-9)18-13-17-11(19-20-13)8-21-5-3-14-4-6-21/h7,14H,3-6,8H2,1-2H3,(H2,15,16,17,18,19,20). The van der Waals surface area contributed by atoms with Crippen LogP contribution < -0.4 is 10.6 Å². The molecule has 0 amide bonds. The molecule has 3 rings (SSSR count). The number of piperazine rings is 1. The molecule has 1 saturated heterocycles. The summed E-state index contributed by atoms with van der Waals surface area (Å²) in [7, 11) is 0. The van der Waals surface area contributed by atoms with Crippen molar-refractivity contribution in [2.24, 2.45) is 0 Å². The van der Waals surface area contributed by atoms with Crippen molar-refractivity contribution in [3.63, 3.8) is 0 Å². The fourth-order valence-corrected chi connectivity index (χ4v) is 2.38. The van der Waals surface area contributed by atoms with Gasteiger partial charge < -0.3 is 5.32 Å². The molecule has 1 aliphatic heterocycles. The third-order valence-corrected chi connectivity index (χ3v) is 3.32. The lowest BCUT2D eigenvalue weighted by Gasteiger charge is -2.25. The summed E-state index contributed by atoms with van der Waals surface area (Å²) >= 11 is 0. The maximum Gasteiger partial charge on any atom is 0.248 e. The molecule has 0 spiro atoms. The van der Waals surface area contributed by atoms with Crippen molar-refractivity contribution in [1.82, 2.24) is 35.4 Å². The van der Waals surface area contributed by atoms with Crippen molar-refractivity contribution in [2.75, 3.05) is 31.5 Å². The van der Waals surface area contributed by atoms with Gasteiger partial charge in [-0.05, 0) is 19.9 Å². The van der Waals surface area contributed by atoms with E-state index in [2.05, 4.69) is 40.7 Å². The first-order chi connectivity index (χ1) is 10.2. The van der Waals surface area contributed by atoms with E-state index in [0.29, 0.717) is 11.9 Å². The summed E-state index contributed by atoms with van der Waals surface area (Å²) in [6.45, 7) is 8.77. The summed E-state index contributed by atoms with van der Waals surface area (Å²) in [6.07, 6.45) is 0. The largest absolute Gasteiger partial charge is 0.314 e. The number of H-pyrrole nitrogens is 1. The second-order valence-electron chi connectivity index (χ2n) is 5.23. The van der Waals surface area contributed by atoms with Crippen LogP contribution in [0.1, 0.15) is 17.2 Å². The molecule has 21 heavy (non-hydrogen) atoms. The molecule has 1 aliphatic rings. The summed E-state index contributed by atoms with van der Waals surface area (Å²) in [5.74, 6) is 1.88. The molecular formula is C13H20N8. The van der Waals surface area contributed by atoms with E-state index in [-0.39, 0.29) is 0 Å². The number of aromatic amines is 1. The Morgan fingerprint density at radius 1 is 1.10 bits per heavy atom. The van der Waals surface area contributed by atoms with Gasteiger partial charge in [-0.1, -0.05) is 0 Å². The van der Waals surface area contributed by atoms with Crippen molar-refractivity contribution < 1.29 is 0 Å². The van der Waals surface area contributed by atoms with Crippen molar-refractivity contribution in [3.8, 4) is 0 Å². The van der Waals surface area contributed by atoms with Gasteiger partial charge in [-0.25, -0.2) is 9.97 Å². The van der Waals surface area contributed by atoms with E-state index in [0.717, 1.165) is 49.9 Å². The fourth-order valence-electron chi connectivity index (χ4n) is 2.38. The molecule has 1 fully saturated rings. The van der Waals surface area contributed by atoms with Crippen LogP contribution in [0.5, 0.6) is 0 Å². The van der Waals surface area contributed by atoms with Gasteiger partial charge in [0.2, 0.25) is 11.9 Å². The predicted molar refractivity (Wildman–Crippen MR) is 79.3 cm³/mol. The molecule has 0 atom stereocenters. The van der Waals surface area contributed by atoms with E-state index >= 15 is 0 Å². The number of nitrogens with zero attached hydrogens (tertiary/aromatic N) is 5. The zero-order chi connectivity index (χ0) is 14.7. The van der Waals surface area contributed by atoms with Crippen molar-refractivity contribution in [1.29, 1.82) is 0 Å². The van der Waals surface area contributed by atoms with Crippen LogP contribution in [0.25, 0.3) is 0 Å².